The van der Waals surface area contributed by atoms with Crippen molar-refractivity contribution in [1.82, 2.24) is 9.55 Å². The first kappa shape index (κ1) is 21.1. The Morgan fingerprint density at radius 1 is 1.14 bits per heavy atom. The molecule has 6 N–H and O–H groups in total. The van der Waals surface area contributed by atoms with Crippen LogP contribution in [0, 0.1) is 6.92 Å². The summed E-state index contributed by atoms with van der Waals surface area (Å²) in [5, 5.41) is 49.1. The Morgan fingerprint density at radius 2 is 1.86 bits per heavy atom. The minimum absolute atomic E-state index is 0.0186. The van der Waals surface area contributed by atoms with E-state index in [4.69, 9.17) is 14.2 Å². The quantitative estimate of drug-likeness (QED) is 0.282. The Bertz CT molecular complexity index is 792. The van der Waals surface area contributed by atoms with Crippen molar-refractivity contribution >= 4 is 0 Å². The number of H-pyrrole nitrogens is 1. The monoisotopic (exact) mass is 404 g/mol. The number of aromatic amines is 1. The van der Waals surface area contributed by atoms with Crippen LogP contribution in [0.2, 0.25) is 0 Å². The molecule has 0 aromatic carbocycles. The summed E-state index contributed by atoms with van der Waals surface area (Å²) in [5.74, 6) is 0. The normalized spacial score (nSPS) is 38.6. The van der Waals surface area contributed by atoms with Gasteiger partial charge in [0.25, 0.3) is 5.56 Å². The first-order chi connectivity index (χ1) is 13.2. The molecular formula is C16H24N2O10. The molecule has 0 saturated carbocycles. The van der Waals surface area contributed by atoms with Gasteiger partial charge in [0, 0.05) is 11.8 Å². The van der Waals surface area contributed by atoms with Crippen LogP contribution in [-0.4, -0.2) is 97.8 Å². The molecule has 0 bridgehead atoms. The van der Waals surface area contributed by atoms with Crippen LogP contribution in [0.4, 0.5) is 0 Å². The van der Waals surface area contributed by atoms with Crippen molar-refractivity contribution in [3.05, 3.63) is 32.6 Å². The number of ether oxygens (including phenoxy) is 3. The molecule has 3 heterocycles. The van der Waals surface area contributed by atoms with Crippen molar-refractivity contribution < 1.29 is 39.7 Å². The highest BCUT2D eigenvalue weighted by atomic mass is 16.7. The van der Waals surface area contributed by atoms with E-state index in [1.807, 2.05) is 0 Å². The molecule has 1 aromatic rings. The van der Waals surface area contributed by atoms with Crippen LogP contribution < -0.4 is 11.2 Å². The van der Waals surface area contributed by atoms with E-state index in [0.29, 0.717) is 5.56 Å². The van der Waals surface area contributed by atoms with Gasteiger partial charge in [-0.15, -0.1) is 0 Å². The maximum Gasteiger partial charge on any atom is 0.328 e. The first-order valence-corrected chi connectivity index (χ1v) is 8.78. The van der Waals surface area contributed by atoms with Crippen LogP contribution in [0.25, 0.3) is 0 Å². The molecule has 28 heavy (non-hydrogen) atoms. The standard InChI is InChI=1S/C16H24N2O10/c1-6-2-18(16(25)17-14(6)24)7-4-26-9(10(7)20)5-27-15-13(23)12(22)11(21)8(3-19)28-15/h2,7-13,15,19-23H,3-5H2,1H3,(H,17,24,25). The molecule has 1 aromatic heterocycles. The van der Waals surface area contributed by atoms with E-state index < -0.39 is 66.8 Å². The number of hydrogen-bond donors (Lipinski definition) is 6. The van der Waals surface area contributed by atoms with E-state index in [0.717, 1.165) is 0 Å². The van der Waals surface area contributed by atoms with Gasteiger partial charge < -0.3 is 39.7 Å². The summed E-state index contributed by atoms with van der Waals surface area (Å²) in [7, 11) is 0. The van der Waals surface area contributed by atoms with Crippen molar-refractivity contribution in [2.24, 2.45) is 0 Å². The summed E-state index contributed by atoms with van der Waals surface area (Å²) in [5.41, 5.74) is -0.899. The smallest absolute Gasteiger partial charge is 0.328 e. The zero-order chi connectivity index (χ0) is 20.6. The molecule has 12 heteroatoms. The average molecular weight is 404 g/mol. The average Bonchev–Trinajstić information content (AvgIpc) is 3.02. The van der Waals surface area contributed by atoms with Gasteiger partial charge in [-0.05, 0) is 6.92 Å². The molecule has 8 unspecified atom stereocenters. The number of aryl methyl sites for hydroxylation is 1. The van der Waals surface area contributed by atoms with E-state index in [1.165, 1.54) is 17.7 Å². The fraction of sp³-hybridized carbons (Fsp3) is 0.750. The van der Waals surface area contributed by atoms with Crippen LogP contribution >= 0.6 is 0 Å². The number of nitrogens with one attached hydrogen (secondary N) is 1. The lowest BCUT2D eigenvalue weighted by atomic mass is 9.99. The lowest BCUT2D eigenvalue weighted by Gasteiger charge is -2.39. The summed E-state index contributed by atoms with van der Waals surface area (Å²) in [6, 6.07) is -0.758. The topological polar surface area (TPSA) is 184 Å². The SMILES string of the molecule is Cc1cn(C2COC(COC3OC(CO)C(O)C(O)C3O)C2O)c(=O)[nH]c1=O. The maximum absolute atomic E-state index is 12.0. The molecule has 2 saturated heterocycles. The molecule has 0 radical (unpaired) electrons. The predicted octanol–water partition coefficient (Wildman–Crippen LogP) is -4.04. The van der Waals surface area contributed by atoms with Gasteiger partial charge >= 0.3 is 5.69 Å². The van der Waals surface area contributed by atoms with Crippen LogP contribution in [0.3, 0.4) is 0 Å². The molecule has 0 amide bonds. The third kappa shape index (κ3) is 3.90. The van der Waals surface area contributed by atoms with Gasteiger partial charge in [-0.2, -0.15) is 0 Å². The first-order valence-electron chi connectivity index (χ1n) is 8.78. The number of aliphatic hydroxyl groups excluding tert-OH is 5. The lowest BCUT2D eigenvalue weighted by Crippen LogP contribution is -2.59. The highest BCUT2D eigenvalue weighted by Crippen LogP contribution is 2.26. The summed E-state index contributed by atoms with van der Waals surface area (Å²) in [6.07, 6.45) is -7.84. The van der Waals surface area contributed by atoms with Gasteiger partial charge in [-0.25, -0.2) is 4.79 Å². The number of aliphatic hydroxyl groups is 5. The van der Waals surface area contributed by atoms with Crippen molar-refractivity contribution in [3.63, 3.8) is 0 Å². The summed E-state index contributed by atoms with van der Waals surface area (Å²) < 4.78 is 17.2. The number of nitrogens with zero attached hydrogens (tertiary/aromatic N) is 1. The molecule has 2 fully saturated rings. The second-order valence-corrected chi connectivity index (χ2v) is 6.94. The Balaban J connectivity index is 1.64. The van der Waals surface area contributed by atoms with Crippen molar-refractivity contribution in [2.75, 3.05) is 19.8 Å². The molecule has 8 atom stereocenters. The van der Waals surface area contributed by atoms with Crippen LogP contribution in [0.15, 0.2) is 15.8 Å². The largest absolute Gasteiger partial charge is 0.394 e. The minimum atomic E-state index is -1.58. The van der Waals surface area contributed by atoms with Crippen LogP contribution in [0.5, 0.6) is 0 Å². The highest BCUT2D eigenvalue weighted by molar-refractivity contribution is 5.03. The van der Waals surface area contributed by atoms with Crippen molar-refractivity contribution in [2.45, 2.75) is 55.9 Å². The Kier molecular flexibility index (Phi) is 6.31. The van der Waals surface area contributed by atoms with Gasteiger partial charge in [0.05, 0.1) is 25.9 Å². The van der Waals surface area contributed by atoms with E-state index in [-0.39, 0.29) is 13.2 Å². The van der Waals surface area contributed by atoms with E-state index >= 15 is 0 Å². The maximum atomic E-state index is 12.0. The Labute approximate surface area is 158 Å². The third-order valence-corrected chi connectivity index (χ3v) is 5.03. The van der Waals surface area contributed by atoms with Gasteiger partial charge in [0.15, 0.2) is 6.29 Å². The van der Waals surface area contributed by atoms with Gasteiger partial charge in [0.2, 0.25) is 0 Å². The zero-order valence-corrected chi connectivity index (χ0v) is 15.0. The van der Waals surface area contributed by atoms with Gasteiger partial charge in [0.1, 0.15) is 36.6 Å². The number of rotatable bonds is 5. The van der Waals surface area contributed by atoms with E-state index in [9.17, 15) is 35.1 Å². The Morgan fingerprint density at radius 3 is 2.54 bits per heavy atom. The highest BCUT2D eigenvalue weighted by Gasteiger charge is 2.45. The fourth-order valence-electron chi connectivity index (χ4n) is 3.29. The van der Waals surface area contributed by atoms with Crippen molar-refractivity contribution in [1.29, 1.82) is 0 Å². The van der Waals surface area contributed by atoms with E-state index in [2.05, 4.69) is 4.98 Å². The van der Waals surface area contributed by atoms with Gasteiger partial charge in [-0.1, -0.05) is 0 Å². The number of hydrogen-bond acceptors (Lipinski definition) is 10. The molecule has 3 rings (SSSR count). The summed E-state index contributed by atoms with van der Waals surface area (Å²) in [6.45, 7) is 0.660. The third-order valence-electron chi connectivity index (χ3n) is 5.03. The van der Waals surface area contributed by atoms with Crippen LogP contribution in [-0.2, 0) is 14.2 Å². The summed E-state index contributed by atoms with van der Waals surface area (Å²) in [4.78, 5) is 25.6. The molecule has 0 spiro atoms. The fourth-order valence-corrected chi connectivity index (χ4v) is 3.29. The zero-order valence-electron chi connectivity index (χ0n) is 15.0. The van der Waals surface area contributed by atoms with Crippen LogP contribution in [0.1, 0.15) is 11.6 Å². The van der Waals surface area contributed by atoms with E-state index in [1.54, 1.807) is 0 Å². The summed E-state index contributed by atoms with van der Waals surface area (Å²) >= 11 is 0. The molecule has 2 aliphatic heterocycles. The van der Waals surface area contributed by atoms with Gasteiger partial charge in [-0.3, -0.25) is 14.3 Å². The minimum Gasteiger partial charge on any atom is -0.394 e. The molecule has 12 nitrogen and oxygen atoms in total. The molecular weight excluding hydrogens is 380 g/mol. The second-order valence-electron chi connectivity index (χ2n) is 6.94. The molecule has 2 aliphatic rings. The molecule has 0 aliphatic carbocycles. The second kappa shape index (κ2) is 8.39. The van der Waals surface area contributed by atoms with Crippen molar-refractivity contribution in [3.8, 4) is 0 Å². The number of aromatic nitrogens is 2. The Hall–Kier alpha value is -1.64. The predicted molar refractivity (Wildman–Crippen MR) is 90.6 cm³/mol. The lowest BCUT2D eigenvalue weighted by molar-refractivity contribution is -0.305. The molecule has 158 valence electrons.